The Morgan fingerprint density at radius 2 is 1.91 bits per heavy atom. The number of aromatic nitrogens is 1. The van der Waals surface area contributed by atoms with Crippen LogP contribution in [0.25, 0.3) is 0 Å². The highest BCUT2D eigenvalue weighted by molar-refractivity contribution is 5.89. The van der Waals surface area contributed by atoms with Crippen LogP contribution in [0.15, 0.2) is 36.4 Å². The van der Waals surface area contributed by atoms with E-state index < -0.39 is 5.97 Å². The van der Waals surface area contributed by atoms with Gasteiger partial charge in [0.2, 0.25) is 0 Å². The van der Waals surface area contributed by atoms with E-state index in [1.165, 1.54) is 5.56 Å². The molecule has 118 valence electrons. The third kappa shape index (κ3) is 3.59. The smallest absolute Gasteiger partial charge is 0.337 e. The number of aromatic carboxylic acids is 1. The third-order valence-electron chi connectivity index (χ3n) is 4.01. The number of hydrogen-bond acceptors (Lipinski definition) is 1. The molecule has 0 aliphatic rings. The maximum atomic E-state index is 11.6. The van der Waals surface area contributed by atoms with Crippen LogP contribution in [0.1, 0.15) is 66.8 Å². The monoisotopic (exact) mass is 299 g/mol. The molecule has 3 nitrogen and oxygen atoms in total. The summed E-state index contributed by atoms with van der Waals surface area (Å²) in [6.07, 6.45) is 2.89. The van der Waals surface area contributed by atoms with Gasteiger partial charge in [-0.3, -0.25) is 0 Å². The summed E-state index contributed by atoms with van der Waals surface area (Å²) < 4.78 is 2.21. The predicted octanol–water partition coefficient (Wildman–Crippen LogP) is 4.70. The normalized spacial score (nSPS) is 11.1. The zero-order chi connectivity index (χ0) is 16.1. The Hall–Kier alpha value is -2.03. The Morgan fingerprint density at radius 1 is 1.23 bits per heavy atom. The van der Waals surface area contributed by atoms with E-state index in [0.29, 0.717) is 11.5 Å². The second-order valence-electron chi connectivity index (χ2n) is 6.06. The van der Waals surface area contributed by atoms with E-state index in [2.05, 4.69) is 37.5 Å². The number of rotatable bonds is 7. The highest BCUT2D eigenvalue weighted by Gasteiger charge is 2.21. The lowest BCUT2D eigenvalue weighted by Crippen LogP contribution is -2.11. The van der Waals surface area contributed by atoms with Crippen molar-refractivity contribution in [2.24, 2.45) is 0 Å². The molecule has 1 aromatic carbocycles. The zero-order valence-electron chi connectivity index (χ0n) is 13.7. The van der Waals surface area contributed by atoms with Crippen molar-refractivity contribution in [1.29, 1.82) is 0 Å². The molecule has 0 fully saturated rings. The quantitative estimate of drug-likeness (QED) is 0.805. The molecule has 0 saturated heterocycles. The number of hydrogen-bond donors (Lipinski definition) is 1. The Kier molecular flexibility index (Phi) is 5.42. The van der Waals surface area contributed by atoms with Gasteiger partial charge in [0, 0.05) is 17.9 Å². The standard InChI is InChI=1S/C19H25NO2/c1-4-5-11-17-16(19(21)22)12-18(14(2)3)20(17)13-15-9-7-6-8-10-15/h6-10,12,14H,4-5,11,13H2,1-3H3,(H,21,22). The molecule has 1 heterocycles. The van der Waals surface area contributed by atoms with Crippen LogP contribution in [0.2, 0.25) is 0 Å². The molecule has 1 aromatic heterocycles. The molecule has 3 heteroatoms. The second kappa shape index (κ2) is 7.30. The molecule has 22 heavy (non-hydrogen) atoms. The van der Waals surface area contributed by atoms with Crippen molar-refractivity contribution in [3.63, 3.8) is 0 Å². The Balaban J connectivity index is 2.49. The molecular formula is C19H25NO2. The molecular weight excluding hydrogens is 274 g/mol. The maximum Gasteiger partial charge on any atom is 0.337 e. The largest absolute Gasteiger partial charge is 0.478 e. The maximum absolute atomic E-state index is 11.6. The van der Waals surface area contributed by atoms with Crippen LogP contribution < -0.4 is 0 Å². The third-order valence-corrected chi connectivity index (χ3v) is 4.01. The van der Waals surface area contributed by atoms with Crippen molar-refractivity contribution in [1.82, 2.24) is 4.57 Å². The minimum atomic E-state index is -0.820. The summed E-state index contributed by atoms with van der Waals surface area (Å²) in [4.78, 5) is 11.6. The minimum Gasteiger partial charge on any atom is -0.478 e. The fourth-order valence-electron chi connectivity index (χ4n) is 2.84. The average molecular weight is 299 g/mol. The van der Waals surface area contributed by atoms with Crippen LogP contribution in [0, 0.1) is 0 Å². The van der Waals surface area contributed by atoms with Crippen molar-refractivity contribution in [3.05, 3.63) is 58.9 Å². The van der Waals surface area contributed by atoms with Gasteiger partial charge in [-0.05, 0) is 30.4 Å². The van der Waals surface area contributed by atoms with Crippen LogP contribution in [0.3, 0.4) is 0 Å². The lowest BCUT2D eigenvalue weighted by molar-refractivity contribution is 0.0695. The number of unbranched alkanes of at least 4 members (excludes halogenated alkanes) is 1. The van der Waals surface area contributed by atoms with Gasteiger partial charge in [-0.2, -0.15) is 0 Å². The topological polar surface area (TPSA) is 42.2 Å². The van der Waals surface area contributed by atoms with E-state index in [-0.39, 0.29) is 0 Å². The lowest BCUT2D eigenvalue weighted by atomic mass is 10.1. The summed E-state index contributed by atoms with van der Waals surface area (Å²) in [6, 6.07) is 12.1. The van der Waals surface area contributed by atoms with Crippen LogP contribution in [-0.4, -0.2) is 15.6 Å². The van der Waals surface area contributed by atoms with Crippen LogP contribution in [0.4, 0.5) is 0 Å². The second-order valence-corrected chi connectivity index (χ2v) is 6.06. The minimum absolute atomic E-state index is 0.303. The molecule has 2 aromatic rings. The van der Waals surface area contributed by atoms with Crippen LogP contribution in [0.5, 0.6) is 0 Å². The molecule has 0 spiro atoms. The van der Waals surface area contributed by atoms with Crippen molar-refractivity contribution >= 4 is 5.97 Å². The van der Waals surface area contributed by atoms with Crippen LogP contribution >= 0.6 is 0 Å². The Morgan fingerprint density at radius 3 is 2.45 bits per heavy atom. The molecule has 0 saturated carbocycles. The molecule has 1 N–H and O–H groups in total. The first kappa shape index (κ1) is 16.3. The number of carboxylic acids is 1. The summed E-state index contributed by atoms with van der Waals surface area (Å²) in [5.41, 5.74) is 3.73. The summed E-state index contributed by atoms with van der Waals surface area (Å²) in [6.45, 7) is 7.10. The number of carbonyl (C=O) groups is 1. The van der Waals surface area contributed by atoms with Gasteiger partial charge in [0.1, 0.15) is 0 Å². The van der Waals surface area contributed by atoms with Crippen molar-refractivity contribution in [2.75, 3.05) is 0 Å². The Labute approximate surface area is 132 Å². The summed E-state index contributed by atoms with van der Waals surface area (Å²) in [7, 11) is 0. The highest BCUT2D eigenvalue weighted by Crippen LogP contribution is 2.26. The van der Waals surface area contributed by atoms with E-state index in [4.69, 9.17) is 0 Å². The van der Waals surface area contributed by atoms with Gasteiger partial charge in [0.25, 0.3) is 0 Å². The molecule has 0 radical (unpaired) electrons. The molecule has 0 aliphatic carbocycles. The summed E-state index contributed by atoms with van der Waals surface area (Å²) in [5.74, 6) is -0.517. The lowest BCUT2D eigenvalue weighted by Gasteiger charge is -2.16. The first-order valence-corrected chi connectivity index (χ1v) is 8.04. The molecule has 0 unspecified atom stereocenters. The average Bonchev–Trinajstić information content (AvgIpc) is 2.85. The highest BCUT2D eigenvalue weighted by atomic mass is 16.4. The fourth-order valence-corrected chi connectivity index (χ4v) is 2.84. The molecule has 0 atom stereocenters. The first-order valence-electron chi connectivity index (χ1n) is 8.04. The predicted molar refractivity (Wildman–Crippen MR) is 89.6 cm³/mol. The van der Waals surface area contributed by atoms with Gasteiger partial charge in [0.15, 0.2) is 0 Å². The Bertz CT molecular complexity index is 626. The van der Waals surface area contributed by atoms with Crippen molar-refractivity contribution < 1.29 is 9.90 Å². The van der Waals surface area contributed by atoms with Gasteiger partial charge < -0.3 is 9.67 Å². The van der Waals surface area contributed by atoms with E-state index in [0.717, 1.165) is 37.2 Å². The van der Waals surface area contributed by atoms with E-state index >= 15 is 0 Å². The molecule has 2 rings (SSSR count). The molecule has 0 amide bonds. The van der Waals surface area contributed by atoms with Gasteiger partial charge in [-0.15, -0.1) is 0 Å². The number of benzene rings is 1. The van der Waals surface area contributed by atoms with Gasteiger partial charge in [-0.1, -0.05) is 57.5 Å². The van der Waals surface area contributed by atoms with Gasteiger partial charge in [0.05, 0.1) is 5.56 Å². The van der Waals surface area contributed by atoms with E-state index in [1.807, 2.05) is 24.3 Å². The van der Waals surface area contributed by atoms with Gasteiger partial charge >= 0.3 is 5.97 Å². The molecule has 0 bridgehead atoms. The summed E-state index contributed by atoms with van der Waals surface area (Å²) in [5, 5.41) is 9.54. The SMILES string of the molecule is CCCCc1c(C(=O)O)cc(C(C)C)n1Cc1ccccc1. The van der Waals surface area contributed by atoms with Crippen molar-refractivity contribution in [2.45, 2.75) is 52.5 Å². The first-order chi connectivity index (χ1) is 10.5. The fraction of sp³-hybridized carbons (Fsp3) is 0.421. The number of nitrogens with zero attached hydrogens (tertiary/aromatic N) is 1. The van der Waals surface area contributed by atoms with E-state index in [1.54, 1.807) is 0 Å². The van der Waals surface area contributed by atoms with E-state index in [9.17, 15) is 9.90 Å². The van der Waals surface area contributed by atoms with Gasteiger partial charge in [-0.25, -0.2) is 4.79 Å². The number of carboxylic acid groups (broad SMARTS) is 1. The summed E-state index contributed by atoms with van der Waals surface area (Å²) >= 11 is 0. The van der Waals surface area contributed by atoms with Crippen molar-refractivity contribution in [3.8, 4) is 0 Å². The molecule has 0 aliphatic heterocycles. The zero-order valence-corrected chi connectivity index (χ0v) is 13.7. The van der Waals surface area contributed by atoms with Crippen LogP contribution in [-0.2, 0) is 13.0 Å².